The number of carbonyl (C=O) groups excluding carboxylic acids is 1. The lowest BCUT2D eigenvalue weighted by molar-refractivity contribution is -0.131. The van der Waals surface area contributed by atoms with Crippen molar-refractivity contribution in [2.24, 2.45) is 5.41 Å². The minimum atomic E-state index is -1.04. The molecule has 2 aromatic carbocycles. The molecule has 1 saturated heterocycles. The summed E-state index contributed by atoms with van der Waals surface area (Å²) >= 11 is 6.47. The Morgan fingerprint density at radius 3 is 2.77 bits per heavy atom. The van der Waals surface area contributed by atoms with Gasteiger partial charge in [-0.05, 0) is 43.8 Å². The van der Waals surface area contributed by atoms with Crippen LogP contribution in [0.5, 0.6) is 6.01 Å². The first-order valence-corrected chi connectivity index (χ1v) is 15.2. The number of aromatic nitrogens is 2. The number of hydrogen-bond acceptors (Lipinski definition) is 8. The number of hydrogen-bond donors (Lipinski definition) is 1. The second kappa shape index (κ2) is 12.2. The number of halogens is 3. The lowest BCUT2D eigenvalue weighted by Gasteiger charge is -2.42. The summed E-state index contributed by atoms with van der Waals surface area (Å²) in [7, 11) is 1.92. The maximum atomic E-state index is 14.5. The molecule has 0 radical (unpaired) electrons. The third-order valence-corrected chi connectivity index (χ3v) is 9.26. The Morgan fingerprint density at radius 2 is 2.05 bits per heavy atom. The van der Waals surface area contributed by atoms with Gasteiger partial charge in [-0.2, -0.15) is 15.2 Å². The molecule has 1 unspecified atom stereocenters. The lowest BCUT2D eigenvalue weighted by atomic mass is 10.0. The molecule has 0 spiro atoms. The van der Waals surface area contributed by atoms with Crippen molar-refractivity contribution in [3.05, 3.63) is 64.8 Å². The molecule has 1 aliphatic carbocycles. The van der Waals surface area contributed by atoms with Crippen LogP contribution in [-0.4, -0.2) is 73.2 Å². The smallest absolute Gasteiger partial charge is 0.318 e. The first-order chi connectivity index (χ1) is 21.2. The van der Waals surface area contributed by atoms with Crippen molar-refractivity contribution < 1.29 is 18.3 Å². The number of nitriles is 1. The summed E-state index contributed by atoms with van der Waals surface area (Å²) in [5, 5.41) is 14.3. The summed E-state index contributed by atoms with van der Waals surface area (Å²) in [4.78, 5) is 27.8. The van der Waals surface area contributed by atoms with E-state index in [1.54, 1.807) is 6.07 Å². The van der Waals surface area contributed by atoms with Crippen molar-refractivity contribution in [1.29, 1.82) is 5.26 Å². The zero-order valence-corrected chi connectivity index (χ0v) is 25.3. The van der Waals surface area contributed by atoms with Crippen molar-refractivity contribution in [3.8, 4) is 12.1 Å². The van der Waals surface area contributed by atoms with Crippen LogP contribution in [0.1, 0.15) is 30.5 Å². The number of nitrogens with one attached hydrogen (secondary N) is 1. The molecular weight excluding hydrogens is 588 g/mol. The standard InChI is InChI=1S/C32H34ClF2N7O2/c1-20(34)30(43)42-15-14-41(16-22(42)8-12-36)29-23-9-13-40(26-5-3-4-21-6-7-24(35)28(33)27(21)26)17-25(23)38-31(39-29)44-19-32(10-11-32)18-37-2/h3-7,22,37H,1,8-11,13-19H2,2H3. The number of rotatable bonds is 9. The highest BCUT2D eigenvalue weighted by Crippen LogP contribution is 2.45. The number of ether oxygens (including phenoxy) is 1. The van der Waals surface area contributed by atoms with Crippen LogP contribution in [0.3, 0.4) is 0 Å². The number of nitrogens with zero attached hydrogens (tertiary/aromatic N) is 6. The first kappa shape index (κ1) is 30.0. The van der Waals surface area contributed by atoms with Crippen molar-refractivity contribution >= 4 is 39.8 Å². The molecule has 0 bridgehead atoms. The largest absolute Gasteiger partial charge is 0.463 e. The molecule has 230 valence electrons. The molecule has 12 heteroatoms. The molecule has 2 fully saturated rings. The number of carbonyl (C=O) groups is 1. The van der Waals surface area contributed by atoms with E-state index in [4.69, 9.17) is 26.3 Å². The maximum absolute atomic E-state index is 14.5. The predicted molar refractivity (Wildman–Crippen MR) is 165 cm³/mol. The van der Waals surface area contributed by atoms with E-state index in [2.05, 4.69) is 22.9 Å². The van der Waals surface area contributed by atoms with Crippen LogP contribution >= 0.6 is 11.6 Å². The monoisotopic (exact) mass is 621 g/mol. The van der Waals surface area contributed by atoms with Gasteiger partial charge in [-0.15, -0.1) is 0 Å². The van der Waals surface area contributed by atoms with E-state index in [1.807, 2.05) is 30.1 Å². The highest BCUT2D eigenvalue weighted by atomic mass is 35.5. The van der Waals surface area contributed by atoms with E-state index in [1.165, 1.54) is 11.0 Å². The molecule has 1 amide bonds. The van der Waals surface area contributed by atoms with Crippen LogP contribution in [-0.2, 0) is 17.8 Å². The second-order valence-corrected chi connectivity index (χ2v) is 12.2. The summed E-state index contributed by atoms with van der Waals surface area (Å²) in [6.07, 6.45) is 2.76. The number of amides is 1. The van der Waals surface area contributed by atoms with Gasteiger partial charge in [0, 0.05) is 54.8 Å². The summed E-state index contributed by atoms with van der Waals surface area (Å²) in [5.41, 5.74) is 2.61. The minimum absolute atomic E-state index is 0.0465. The zero-order valence-electron chi connectivity index (χ0n) is 24.6. The first-order valence-electron chi connectivity index (χ1n) is 14.8. The molecule has 2 aliphatic heterocycles. The molecule has 1 N–H and O–H groups in total. The van der Waals surface area contributed by atoms with E-state index >= 15 is 0 Å². The van der Waals surface area contributed by atoms with Crippen molar-refractivity contribution in [2.45, 2.75) is 38.3 Å². The summed E-state index contributed by atoms with van der Waals surface area (Å²) in [6.45, 7) is 6.44. The molecule has 1 aromatic heterocycles. The number of fused-ring (bicyclic) bond motifs is 2. The van der Waals surface area contributed by atoms with Gasteiger partial charge in [0.15, 0.2) is 5.83 Å². The molecule has 3 aliphatic rings. The highest BCUT2D eigenvalue weighted by Gasteiger charge is 2.43. The Hall–Kier alpha value is -4.01. The van der Waals surface area contributed by atoms with Crippen LogP contribution in [0.4, 0.5) is 20.3 Å². The zero-order chi connectivity index (χ0) is 31.0. The third-order valence-electron chi connectivity index (χ3n) is 8.89. The van der Waals surface area contributed by atoms with E-state index in [0.717, 1.165) is 41.7 Å². The average molecular weight is 622 g/mol. The van der Waals surface area contributed by atoms with Crippen LogP contribution in [0.15, 0.2) is 42.7 Å². The molecule has 1 saturated carbocycles. The average Bonchev–Trinajstić information content (AvgIpc) is 3.80. The fourth-order valence-electron chi connectivity index (χ4n) is 6.37. The van der Waals surface area contributed by atoms with Crippen molar-refractivity contribution in [1.82, 2.24) is 20.2 Å². The van der Waals surface area contributed by atoms with Gasteiger partial charge in [-0.1, -0.05) is 36.4 Å². The summed E-state index contributed by atoms with van der Waals surface area (Å²) < 4.78 is 34.6. The van der Waals surface area contributed by atoms with Gasteiger partial charge in [-0.25, -0.2) is 8.78 Å². The van der Waals surface area contributed by atoms with Crippen LogP contribution < -0.4 is 19.9 Å². The quantitative estimate of drug-likeness (QED) is 0.341. The number of benzene rings is 2. The van der Waals surface area contributed by atoms with Gasteiger partial charge in [0.05, 0.1) is 42.4 Å². The summed E-state index contributed by atoms with van der Waals surface area (Å²) in [6, 6.07) is 10.7. The van der Waals surface area contributed by atoms with Crippen molar-refractivity contribution in [3.63, 3.8) is 0 Å². The molecule has 3 aromatic rings. The van der Waals surface area contributed by atoms with Crippen LogP contribution in [0, 0.1) is 22.6 Å². The van der Waals surface area contributed by atoms with Crippen molar-refractivity contribution in [2.75, 3.05) is 56.2 Å². The maximum Gasteiger partial charge on any atom is 0.318 e. The predicted octanol–water partition coefficient (Wildman–Crippen LogP) is 4.78. The highest BCUT2D eigenvalue weighted by molar-refractivity contribution is 6.36. The van der Waals surface area contributed by atoms with Gasteiger partial charge in [0.1, 0.15) is 11.6 Å². The van der Waals surface area contributed by atoms with Crippen LogP contribution in [0.2, 0.25) is 5.02 Å². The normalized spacial score (nSPS) is 19.0. The fraction of sp³-hybridized carbons (Fsp3) is 0.438. The third kappa shape index (κ3) is 5.76. The SMILES string of the molecule is C=C(F)C(=O)N1CCN(c2nc(OCC3(CNC)CC3)nc3c2CCN(c2cccc4ccc(F)c(Cl)c24)C3)CC1CC#N. The topological polar surface area (TPSA) is 97.6 Å². The van der Waals surface area contributed by atoms with Gasteiger partial charge in [0.2, 0.25) is 0 Å². The Labute approximate surface area is 260 Å². The Balaban J connectivity index is 1.35. The van der Waals surface area contributed by atoms with Gasteiger partial charge < -0.3 is 24.8 Å². The lowest BCUT2D eigenvalue weighted by Crippen LogP contribution is -2.55. The minimum Gasteiger partial charge on any atom is -0.463 e. The Morgan fingerprint density at radius 1 is 1.23 bits per heavy atom. The Bertz CT molecular complexity index is 1660. The second-order valence-electron chi connectivity index (χ2n) is 11.8. The van der Waals surface area contributed by atoms with E-state index in [-0.39, 0.29) is 29.4 Å². The number of piperazine rings is 1. The van der Waals surface area contributed by atoms with Gasteiger partial charge >= 0.3 is 6.01 Å². The van der Waals surface area contributed by atoms with Crippen LogP contribution in [0.25, 0.3) is 10.8 Å². The van der Waals surface area contributed by atoms with Gasteiger partial charge in [-0.3, -0.25) is 4.79 Å². The molecular formula is C32H34ClF2N7O2. The molecule has 6 rings (SSSR count). The molecule has 9 nitrogen and oxygen atoms in total. The van der Waals surface area contributed by atoms with E-state index in [9.17, 15) is 18.8 Å². The van der Waals surface area contributed by atoms with E-state index < -0.39 is 23.6 Å². The number of anilines is 2. The van der Waals surface area contributed by atoms with E-state index in [0.29, 0.717) is 50.4 Å². The molecule has 1 atom stereocenters. The van der Waals surface area contributed by atoms with Gasteiger partial charge in [0.25, 0.3) is 5.91 Å². The Kier molecular flexibility index (Phi) is 8.31. The fourth-order valence-corrected chi connectivity index (χ4v) is 6.64. The molecule has 44 heavy (non-hydrogen) atoms. The summed E-state index contributed by atoms with van der Waals surface area (Å²) in [5.74, 6) is -1.61. The molecule has 3 heterocycles.